The number of aliphatic carboxylic acids is 1. The van der Waals surface area contributed by atoms with Crippen molar-refractivity contribution in [2.45, 2.75) is 13.8 Å². The molecule has 0 aliphatic heterocycles. The van der Waals surface area contributed by atoms with E-state index in [4.69, 9.17) is 5.11 Å². The summed E-state index contributed by atoms with van der Waals surface area (Å²) in [6.07, 6.45) is 0. The summed E-state index contributed by atoms with van der Waals surface area (Å²) in [5, 5.41) is 11.4. The maximum absolute atomic E-state index is 11.9. The number of benzene rings is 1. The minimum absolute atomic E-state index is 0.314. The molecule has 18 heavy (non-hydrogen) atoms. The minimum atomic E-state index is -1.03. The van der Waals surface area contributed by atoms with Gasteiger partial charge in [-0.15, -0.1) is 0 Å². The van der Waals surface area contributed by atoms with Crippen molar-refractivity contribution in [3.63, 3.8) is 0 Å². The number of hydrogen-bond acceptors (Lipinski definition) is 2. The third-order valence-corrected chi connectivity index (χ3v) is 3.05. The average Bonchev–Trinajstić information content (AvgIpc) is 2.30. The van der Waals surface area contributed by atoms with E-state index in [-0.39, 0.29) is 6.54 Å². The highest BCUT2D eigenvalue weighted by molar-refractivity contribution is 9.10. The molecule has 5 nitrogen and oxygen atoms in total. The van der Waals surface area contributed by atoms with Gasteiger partial charge in [0.1, 0.15) is 6.54 Å². The number of carbonyl (C=O) groups excluding carboxylic acids is 1. The molecule has 2 amide bonds. The number of aryl methyl sites for hydroxylation is 1. The van der Waals surface area contributed by atoms with Gasteiger partial charge >= 0.3 is 12.0 Å². The Balaban J connectivity index is 2.79. The van der Waals surface area contributed by atoms with Gasteiger partial charge in [-0.05, 0) is 47.5 Å². The second kappa shape index (κ2) is 6.39. The lowest BCUT2D eigenvalue weighted by atomic mass is 10.2. The molecule has 0 fully saturated rings. The van der Waals surface area contributed by atoms with Crippen LogP contribution in [0.2, 0.25) is 0 Å². The fourth-order valence-corrected chi connectivity index (χ4v) is 1.77. The van der Waals surface area contributed by atoms with Crippen molar-refractivity contribution in [1.82, 2.24) is 4.90 Å². The number of nitrogens with zero attached hydrogens (tertiary/aromatic N) is 1. The topological polar surface area (TPSA) is 69.6 Å². The molecular weight excluding hydrogens is 300 g/mol. The van der Waals surface area contributed by atoms with Gasteiger partial charge in [-0.1, -0.05) is 6.07 Å². The normalized spacial score (nSPS) is 9.94. The van der Waals surface area contributed by atoms with Crippen LogP contribution in [0.1, 0.15) is 12.5 Å². The van der Waals surface area contributed by atoms with E-state index in [0.29, 0.717) is 12.2 Å². The number of carbonyl (C=O) groups is 2. The molecule has 0 heterocycles. The Labute approximate surface area is 114 Å². The van der Waals surface area contributed by atoms with Crippen molar-refractivity contribution in [2.24, 2.45) is 0 Å². The zero-order valence-corrected chi connectivity index (χ0v) is 11.8. The van der Waals surface area contributed by atoms with Crippen LogP contribution >= 0.6 is 15.9 Å². The number of nitrogens with one attached hydrogen (secondary N) is 1. The van der Waals surface area contributed by atoms with Crippen molar-refractivity contribution in [2.75, 3.05) is 18.4 Å². The third kappa shape index (κ3) is 4.03. The standard InChI is InChI=1S/C12H15BrN2O3/c1-3-15(7-11(16)17)12(18)14-10-6-8(2)4-5-9(10)13/h4-6H,3,7H2,1-2H3,(H,14,18)(H,16,17). The molecular formula is C12H15BrN2O3. The molecule has 0 unspecified atom stereocenters. The number of carboxylic acids is 1. The summed E-state index contributed by atoms with van der Waals surface area (Å²) >= 11 is 3.33. The number of carboxylic acid groups (broad SMARTS) is 1. The highest BCUT2D eigenvalue weighted by atomic mass is 79.9. The number of anilines is 1. The molecule has 0 bridgehead atoms. The van der Waals surface area contributed by atoms with Crippen LogP contribution in [-0.2, 0) is 4.79 Å². The fourth-order valence-electron chi connectivity index (χ4n) is 1.42. The van der Waals surface area contributed by atoms with Crippen LogP contribution in [-0.4, -0.2) is 35.1 Å². The summed E-state index contributed by atoms with van der Waals surface area (Å²) in [7, 11) is 0. The third-order valence-electron chi connectivity index (χ3n) is 2.36. The zero-order chi connectivity index (χ0) is 13.7. The van der Waals surface area contributed by atoms with Crippen molar-refractivity contribution in [3.8, 4) is 0 Å². The van der Waals surface area contributed by atoms with Crippen molar-refractivity contribution in [1.29, 1.82) is 0 Å². The number of rotatable bonds is 4. The van der Waals surface area contributed by atoms with Gasteiger partial charge in [0.15, 0.2) is 0 Å². The van der Waals surface area contributed by atoms with E-state index in [9.17, 15) is 9.59 Å². The molecule has 0 radical (unpaired) electrons. The molecule has 98 valence electrons. The van der Waals surface area contributed by atoms with Gasteiger partial charge < -0.3 is 15.3 Å². The van der Waals surface area contributed by atoms with Gasteiger partial charge in [0.05, 0.1) is 5.69 Å². The Morgan fingerprint density at radius 2 is 2.11 bits per heavy atom. The minimum Gasteiger partial charge on any atom is -0.480 e. The van der Waals surface area contributed by atoms with Crippen LogP contribution in [0, 0.1) is 6.92 Å². The largest absolute Gasteiger partial charge is 0.480 e. The number of likely N-dealkylation sites (N-methyl/N-ethyl adjacent to an activating group) is 1. The average molecular weight is 315 g/mol. The van der Waals surface area contributed by atoms with E-state index < -0.39 is 12.0 Å². The second-order valence-electron chi connectivity index (χ2n) is 3.82. The quantitative estimate of drug-likeness (QED) is 0.897. The Bertz CT molecular complexity index is 463. The first kappa shape index (κ1) is 14.5. The van der Waals surface area contributed by atoms with E-state index in [1.54, 1.807) is 6.92 Å². The van der Waals surface area contributed by atoms with Gasteiger partial charge in [-0.25, -0.2) is 4.79 Å². The first-order chi connectivity index (χ1) is 8.43. The molecule has 0 aliphatic carbocycles. The summed E-state index contributed by atoms with van der Waals surface area (Å²) in [6.45, 7) is 3.66. The van der Waals surface area contributed by atoms with Gasteiger partial charge in [0.25, 0.3) is 0 Å². The molecule has 1 aromatic carbocycles. The predicted octanol–water partition coefficient (Wildman–Crippen LogP) is 2.70. The maximum Gasteiger partial charge on any atom is 0.323 e. The molecule has 0 saturated heterocycles. The van der Waals surface area contributed by atoms with E-state index in [0.717, 1.165) is 10.0 Å². The van der Waals surface area contributed by atoms with Crippen LogP contribution in [0.3, 0.4) is 0 Å². The van der Waals surface area contributed by atoms with Crippen molar-refractivity contribution in [3.05, 3.63) is 28.2 Å². The van der Waals surface area contributed by atoms with Crippen LogP contribution in [0.25, 0.3) is 0 Å². The van der Waals surface area contributed by atoms with Gasteiger partial charge in [-0.3, -0.25) is 4.79 Å². The number of urea groups is 1. The maximum atomic E-state index is 11.9. The smallest absolute Gasteiger partial charge is 0.323 e. The number of hydrogen-bond donors (Lipinski definition) is 2. The van der Waals surface area contributed by atoms with Crippen LogP contribution in [0.5, 0.6) is 0 Å². The first-order valence-electron chi connectivity index (χ1n) is 5.48. The molecule has 0 atom stereocenters. The summed E-state index contributed by atoms with van der Waals surface area (Å²) < 4.78 is 0.757. The molecule has 0 saturated carbocycles. The highest BCUT2D eigenvalue weighted by Crippen LogP contribution is 2.23. The SMILES string of the molecule is CCN(CC(=O)O)C(=O)Nc1cc(C)ccc1Br. The van der Waals surface area contributed by atoms with Crippen molar-refractivity contribution < 1.29 is 14.7 Å². The van der Waals surface area contributed by atoms with Crippen LogP contribution in [0.15, 0.2) is 22.7 Å². The molecule has 1 aromatic rings. The lowest BCUT2D eigenvalue weighted by Crippen LogP contribution is -2.38. The number of amides is 2. The summed E-state index contributed by atoms with van der Waals surface area (Å²) in [5.74, 6) is -1.03. The zero-order valence-electron chi connectivity index (χ0n) is 10.2. The first-order valence-corrected chi connectivity index (χ1v) is 6.27. The summed E-state index contributed by atoms with van der Waals surface area (Å²) in [5.41, 5.74) is 1.64. The highest BCUT2D eigenvalue weighted by Gasteiger charge is 2.15. The molecule has 1 rings (SSSR count). The Morgan fingerprint density at radius 3 is 2.67 bits per heavy atom. The Hall–Kier alpha value is -1.56. The lowest BCUT2D eigenvalue weighted by molar-refractivity contribution is -0.137. The lowest BCUT2D eigenvalue weighted by Gasteiger charge is -2.19. The molecule has 0 spiro atoms. The van der Waals surface area contributed by atoms with Crippen LogP contribution in [0.4, 0.5) is 10.5 Å². The van der Waals surface area contributed by atoms with E-state index in [1.807, 2.05) is 25.1 Å². The van der Waals surface area contributed by atoms with Crippen molar-refractivity contribution >= 4 is 33.6 Å². The van der Waals surface area contributed by atoms with Gasteiger partial charge in [0.2, 0.25) is 0 Å². The van der Waals surface area contributed by atoms with Crippen LogP contribution < -0.4 is 5.32 Å². The Kier molecular flexibility index (Phi) is 5.15. The monoisotopic (exact) mass is 314 g/mol. The predicted molar refractivity (Wildman–Crippen MR) is 72.8 cm³/mol. The Morgan fingerprint density at radius 1 is 1.44 bits per heavy atom. The fraction of sp³-hybridized carbons (Fsp3) is 0.333. The van der Waals surface area contributed by atoms with Gasteiger partial charge in [-0.2, -0.15) is 0 Å². The second-order valence-corrected chi connectivity index (χ2v) is 4.68. The van der Waals surface area contributed by atoms with Gasteiger partial charge in [0, 0.05) is 11.0 Å². The summed E-state index contributed by atoms with van der Waals surface area (Å²) in [4.78, 5) is 23.7. The molecule has 2 N–H and O–H groups in total. The molecule has 0 aromatic heterocycles. The van der Waals surface area contributed by atoms with E-state index in [2.05, 4.69) is 21.2 Å². The molecule has 6 heteroatoms. The number of halogens is 1. The van der Waals surface area contributed by atoms with E-state index >= 15 is 0 Å². The summed E-state index contributed by atoms with van der Waals surface area (Å²) in [6, 6.07) is 5.13. The molecule has 0 aliphatic rings. The van der Waals surface area contributed by atoms with E-state index in [1.165, 1.54) is 4.90 Å².